The maximum absolute atomic E-state index is 12.9. The Morgan fingerprint density at radius 3 is 2.71 bits per heavy atom. The van der Waals surface area contributed by atoms with Gasteiger partial charge in [0.25, 0.3) is 0 Å². The van der Waals surface area contributed by atoms with Gasteiger partial charge in [-0.05, 0) is 49.5 Å². The Morgan fingerprint density at radius 1 is 1.35 bits per heavy atom. The van der Waals surface area contributed by atoms with Crippen LogP contribution in [-0.2, 0) is 6.42 Å². The van der Waals surface area contributed by atoms with Crippen molar-refractivity contribution in [3.05, 3.63) is 34.6 Å². The highest BCUT2D eigenvalue weighted by Crippen LogP contribution is 2.22. The van der Waals surface area contributed by atoms with E-state index in [-0.39, 0.29) is 5.82 Å². The second kappa shape index (κ2) is 7.67. The molecule has 0 aromatic heterocycles. The molecule has 1 unspecified atom stereocenters. The summed E-state index contributed by atoms with van der Waals surface area (Å²) in [6.45, 7) is 6.27. The van der Waals surface area contributed by atoms with E-state index in [4.69, 9.17) is 11.6 Å². The van der Waals surface area contributed by atoms with Crippen LogP contribution in [0, 0.1) is 11.7 Å². The fourth-order valence-corrected chi connectivity index (χ4v) is 2.28. The van der Waals surface area contributed by atoms with Crippen molar-refractivity contribution in [2.24, 2.45) is 5.92 Å². The highest BCUT2D eigenvalue weighted by atomic mass is 35.5. The Hall–Kier alpha value is -0.600. The molecule has 1 aromatic rings. The fourth-order valence-electron chi connectivity index (χ4n) is 2.03. The van der Waals surface area contributed by atoms with Crippen LogP contribution in [0.25, 0.3) is 0 Å². The lowest BCUT2D eigenvalue weighted by Crippen LogP contribution is -2.24. The summed E-state index contributed by atoms with van der Waals surface area (Å²) in [4.78, 5) is 0. The minimum Gasteiger partial charge on any atom is -0.317 e. The third kappa shape index (κ3) is 5.05. The van der Waals surface area contributed by atoms with Crippen molar-refractivity contribution >= 4 is 11.6 Å². The largest absolute Gasteiger partial charge is 0.317 e. The van der Waals surface area contributed by atoms with Crippen LogP contribution in [0.3, 0.4) is 0 Å². The van der Waals surface area contributed by atoms with Gasteiger partial charge in [0.05, 0.1) is 0 Å². The van der Waals surface area contributed by atoms with E-state index in [2.05, 4.69) is 19.2 Å². The first-order chi connectivity index (χ1) is 8.17. The average Bonchev–Trinajstić information content (AvgIpc) is 2.29. The van der Waals surface area contributed by atoms with Crippen LogP contribution in [0.5, 0.6) is 0 Å². The molecule has 3 heteroatoms. The predicted molar refractivity (Wildman–Crippen MR) is 72.1 cm³/mol. The van der Waals surface area contributed by atoms with Gasteiger partial charge in [0.2, 0.25) is 0 Å². The second-order valence-electron chi connectivity index (χ2n) is 4.40. The van der Waals surface area contributed by atoms with E-state index in [1.54, 1.807) is 6.07 Å². The van der Waals surface area contributed by atoms with Crippen molar-refractivity contribution in [2.45, 2.75) is 33.1 Å². The third-order valence-corrected chi connectivity index (χ3v) is 3.26. The Morgan fingerprint density at radius 2 is 2.12 bits per heavy atom. The van der Waals surface area contributed by atoms with Crippen LogP contribution in [0.15, 0.2) is 18.2 Å². The van der Waals surface area contributed by atoms with E-state index in [0.29, 0.717) is 10.9 Å². The van der Waals surface area contributed by atoms with Gasteiger partial charge in [0.1, 0.15) is 5.82 Å². The van der Waals surface area contributed by atoms with Gasteiger partial charge >= 0.3 is 0 Å². The highest BCUT2D eigenvalue weighted by molar-refractivity contribution is 6.31. The van der Waals surface area contributed by atoms with Crippen molar-refractivity contribution in [3.8, 4) is 0 Å². The molecule has 1 nitrogen and oxygen atoms in total. The number of hydrogen-bond donors (Lipinski definition) is 1. The molecular formula is C14H21ClFN. The van der Waals surface area contributed by atoms with E-state index in [9.17, 15) is 4.39 Å². The molecule has 0 saturated heterocycles. The summed E-state index contributed by atoms with van der Waals surface area (Å²) >= 11 is 6.05. The van der Waals surface area contributed by atoms with Gasteiger partial charge in [-0.15, -0.1) is 0 Å². The number of nitrogens with one attached hydrogen (secondary N) is 1. The molecule has 0 bridgehead atoms. The molecule has 0 aliphatic carbocycles. The van der Waals surface area contributed by atoms with Crippen molar-refractivity contribution in [2.75, 3.05) is 13.1 Å². The lowest BCUT2D eigenvalue weighted by Gasteiger charge is -2.17. The van der Waals surface area contributed by atoms with Gasteiger partial charge in [-0.1, -0.05) is 37.9 Å². The summed E-state index contributed by atoms with van der Waals surface area (Å²) in [6.07, 6.45) is 3.25. The zero-order chi connectivity index (χ0) is 12.7. The monoisotopic (exact) mass is 257 g/mol. The molecule has 1 rings (SSSR count). The zero-order valence-electron chi connectivity index (χ0n) is 10.6. The van der Waals surface area contributed by atoms with Gasteiger partial charge in [-0.25, -0.2) is 4.39 Å². The molecule has 17 heavy (non-hydrogen) atoms. The Kier molecular flexibility index (Phi) is 6.53. The quantitative estimate of drug-likeness (QED) is 0.777. The lowest BCUT2D eigenvalue weighted by atomic mass is 9.95. The molecule has 0 radical (unpaired) electrons. The summed E-state index contributed by atoms with van der Waals surface area (Å²) in [6, 6.07) is 4.68. The molecule has 0 spiro atoms. The Balaban J connectivity index is 2.64. The molecule has 0 aliphatic rings. The molecule has 1 N–H and O–H groups in total. The first-order valence-corrected chi connectivity index (χ1v) is 6.69. The molecule has 0 saturated carbocycles. The van der Waals surface area contributed by atoms with Crippen LogP contribution in [0.4, 0.5) is 4.39 Å². The molecule has 0 aliphatic heterocycles. The summed E-state index contributed by atoms with van der Waals surface area (Å²) in [5.74, 6) is 0.306. The Labute approximate surface area is 108 Å². The van der Waals surface area contributed by atoms with Crippen molar-refractivity contribution in [1.29, 1.82) is 0 Å². The van der Waals surface area contributed by atoms with Crippen LogP contribution in [0.2, 0.25) is 5.02 Å². The first-order valence-electron chi connectivity index (χ1n) is 6.32. The van der Waals surface area contributed by atoms with Crippen molar-refractivity contribution in [3.63, 3.8) is 0 Å². The summed E-state index contributed by atoms with van der Waals surface area (Å²) in [7, 11) is 0. The van der Waals surface area contributed by atoms with E-state index in [1.807, 2.05) is 0 Å². The molecule has 1 aromatic carbocycles. The molecule has 0 heterocycles. The molecular weight excluding hydrogens is 237 g/mol. The number of halogens is 2. The van der Waals surface area contributed by atoms with Crippen LogP contribution >= 0.6 is 11.6 Å². The van der Waals surface area contributed by atoms with Gasteiger partial charge < -0.3 is 5.32 Å². The Bertz CT molecular complexity index is 341. The molecule has 0 amide bonds. The van der Waals surface area contributed by atoms with E-state index < -0.39 is 0 Å². The first kappa shape index (κ1) is 14.5. The van der Waals surface area contributed by atoms with Gasteiger partial charge in [-0.3, -0.25) is 0 Å². The third-order valence-electron chi connectivity index (χ3n) is 2.90. The van der Waals surface area contributed by atoms with Crippen LogP contribution in [0.1, 0.15) is 32.3 Å². The number of hydrogen-bond acceptors (Lipinski definition) is 1. The lowest BCUT2D eigenvalue weighted by molar-refractivity contribution is 0.444. The topological polar surface area (TPSA) is 12.0 Å². The van der Waals surface area contributed by atoms with E-state index in [0.717, 1.165) is 31.5 Å². The summed E-state index contributed by atoms with van der Waals surface area (Å²) in [5, 5.41) is 3.91. The maximum atomic E-state index is 12.9. The number of rotatable bonds is 7. The van der Waals surface area contributed by atoms with Gasteiger partial charge in [-0.2, -0.15) is 0 Å². The van der Waals surface area contributed by atoms with Crippen LogP contribution in [-0.4, -0.2) is 13.1 Å². The zero-order valence-corrected chi connectivity index (χ0v) is 11.4. The minimum atomic E-state index is -0.266. The van der Waals surface area contributed by atoms with Crippen LogP contribution < -0.4 is 5.32 Å². The standard InChI is InChI=1S/C14H21ClFN/c1-3-5-11(10-17-4-2)8-12-6-7-13(16)9-14(12)15/h6-7,9,11,17H,3-5,8,10H2,1-2H3. The molecule has 1 atom stereocenters. The van der Waals surface area contributed by atoms with Gasteiger partial charge in [0.15, 0.2) is 0 Å². The summed E-state index contributed by atoms with van der Waals surface area (Å²) in [5.41, 5.74) is 1.05. The van der Waals surface area contributed by atoms with Gasteiger partial charge in [0, 0.05) is 5.02 Å². The number of benzene rings is 1. The smallest absolute Gasteiger partial charge is 0.124 e. The minimum absolute atomic E-state index is 0.266. The fraction of sp³-hybridized carbons (Fsp3) is 0.571. The molecule has 0 fully saturated rings. The van der Waals surface area contributed by atoms with Crippen molar-refractivity contribution in [1.82, 2.24) is 5.32 Å². The second-order valence-corrected chi connectivity index (χ2v) is 4.81. The highest BCUT2D eigenvalue weighted by Gasteiger charge is 2.11. The van der Waals surface area contributed by atoms with Crippen molar-refractivity contribution < 1.29 is 4.39 Å². The van der Waals surface area contributed by atoms with E-state index >= 15 is 0 Å². The SMILES string of the molecule is CCCC(CNCC)Cc1ccc(F)cc1Cl. The maximum Gasteiger partial charge on any atom is 0.124 e. The predicted octanol–water partition coefficient (Wildman–Crippen LogP) is 4.05. The summed E-state index contributed by atoms with van der Waals surface area (Å²) < 4.78 is 12.9. The average molecular weight is 258 g/mol. The van der Waals surface area contributed by atoms with E-state index in [1.165, 1.54) is 18.6 Å². The normalized spacial score (nSPS) is 12.7. The molecule has 96 valence electrons.